The van der Waals surface area contributed by atoms with E-state index in [9.17, 15) is 9.90 Å². The fourth-order valence-corrected chi connectivity index (χ4v) is 3.98. The normalized spacial score (nSPS) is 30.1. The number of nitrogens with one attached hydrogen (secondary N) is 2. The molecule has 3 N–H and O–H groups in total. The maximum atomic E-state index is 11.9. The number of rotatable bonds is 4. The van der Waals surface area contributed by atoms with Crippen LogP contribution in [-0.2, 0) is 0 Å². The Bertz CT molecular complexity index is 569. The van der Waals surface area contributed by atoms with Gasteiger partial charge >= 0.3 is 6.03 Å². The maximum absolute atomic E-state index is 11.9. The van der Waals surface area contributed by atoms with E-state index in [2.05, 4.69) is 41.6 Å². The summed E-state index contributed by atoms with van der Waals surface area (Å²) in [6.07, 6.45) is 5.99. The Labute approximate surface area is 128 Å². The molecule has 2 bridgehead atoms. The fourth-order valence-electron chi connectivity index (χ4n) is 3.12. The van der Waals surface area contributed by atoms with Crippen LogP contribution in [0.4, 0.5) is 9.93 Å². The van der Waals surface area contributed by atoms with Crippen LogP contribution in [0.15, 0.2) is 17.5 Å². The number of aromatic nitrogens is 1. The molecule has 0 spiro atoms. The minimum Gasteiger partial charge on any atom is -0.387 e. The molecule has 0 radical (unpaired) electrons. The number of carbonyl (C=O) groups is 1. The zero-order valence-electron chi connectivity index (χ0n) is 12.3. The molecule has 114 valence electrons. The van der Waals surface area contributed by atoms with Crippen LogP contribution in [0.5, 0.6) is 0 Å². The zero-order chi connectivity index (χ0) is 15.0. The topological polar surface area (TPSA) is 74.2 Å². The summed E-state index contributed by atoms with van der Waals surface area (Å²) in [5.41, 5.74) is 0.190. The highest BCUT2D eigenvalue weighted by molar-refractivity contribution is 7.13. The summed E-state index contributed by atoms with van der Waals surface area (Å²) in [4.78, 5) is 16.3. The Morgan fingerprint density at radius 2 is 2.38 bits per heavy atom. The molecule has 0 aliphatic heterocycles. The lowest BCUT2D eigenvalue weighted by Crippen LogP contribution is -2.46. The monoisotopic (exact) mass is 307 g/mol. The molecule has 21 heavy (non-hydrogen) atoms. The van der Waals surface area contributed by atoms with Gasteiger partial charge in [-0.25, -0.2) is 9.78 Å². The van der Waals surface area contributed by atoms with Crippen molar-refractivity contribution in [2.45, 2.75) is 38.2 Å². The summed E-state index contributed by atoms with van der Waals surface area (Å²) in [6, 6.07) is -0.306. The standard InChI is InChI=1S/C15H21N3O2S/c1-9(2)12-7-21-14(17-12)18-13(19)16-8-15(20)6-10-3-4-11(15)5-10/h3-4,7,9-11,20H,5-6,8H2,1-2H3,(H2,16,17,18,19)/t10-,11+,15-/m0/s1. The smallest absolute Gasteiger partial charge is 0.321 e. The van der Waals surface area contributed by atoms with Crippen molar-refractivity contribution in [1.82, 2.24) is 10.3 Å². The van der Waals surface area contributed by atoms with Crippen LogP contribution in [-0.4, -0.2) is 28.3 Å². The zero-order valence-corrected chi connectivity index (χ0v) is 13.1. The first-order valence-electron chi connectivity index (χ1n) is 7.37. The molecular weight excluding hydrogens is 286 g/mol. The molecule has 3 atom stereocenters. The van der Waals surface area contributed by atoms with Gasteiger partial charge in [-0.15, -0.1) is 11.3 Å². The molecule has 1 saturated carbocycles. The first-order chi connectivity index (χ1) is 9.96. The molecule has 0 saturated heterocycles. The number of aliphatic hydroxyl groups is 1. The van der Waals surface area contributed by atoms with Crippen LogP contribution in [0.25, 0.3) is 0 Å². The van der Waals surface area contributed by atoms with Crippen LogP contribution in [0.1, 0.15) is 38.3 Å². The summed E-state index contributed by atoms with van der Waals surface area (Å²) in [5.74, 6) is 0.994. The Hall–Kier alpha value is -1.40. The van der Waals surface area contributed by atoms with E-state index in [1.165, 1.54) is 11.3 Å². The van der Waals surface area contributed by atoms with Gasteiger partial charge in [-0.2, -0.15) is 0 Å². The second kappa shape index (κ2) is 5.42. The Balaban J connectivity index is 1.51. The second-order valence-electron chi connectivity index (χ2n) is 6.33. The van der Waals surface area contributed by atoms with E-state index >= 15 is 0 Å². The number of fused-ring (bicyclic) bond motifs is 2. The number of carbonyl (C=O) groups excluding carboxylic acids is 1. The van der Waals surface area contributed by atoms with E-state index in [1.54, 1.807) is 0 Å². The van der Waals surface area contributed by atoms with Gasteiger partial charge in [-0.3, -0.25) is 5.32 Å². The van der Waals surface area contributed by atoms with Gasteiger partial charge in [0.25, 0.3) is 0 Å². The molecule has 1 aromatic heterocycles. The first-order valence-corrected chi connectivity index (χ1v) is 8.25. The molecular formula is C15H21N3O2S. The van der Waals surface area contributed by atoms with Crippen LogP contribution in [0, 0.1) is 11.8 Å². The predicted molar refractivity (Wildman–Crippen MR) is 83.5 cm³/mol. The van der Waals surface area contributed by atoms with E-state index in [0.717, 1.165) is 18.5 Å². The van der Waals surface area contributed by atoms with E-state index in [1.807, 2.05) is 5.38 Å². The van der Waals surface area contributed by atoms with Crippen LogP contribution < -0.4 is 10.6 Å². The van der Waals surface area contributed by atoms with Gasteiger partial charge < -0.3 is 10.4 Å². The third-order valence-electron chi connectivity index (χ3n) is 4.37. The highest BCUT2D eigenvalue weighted by atomic mass is 32.1. The maximum Gasteiger partial charge on any atom is 0.321 e. The average molecular weight is 307 g/mol. The van der Waals surface area contributed by atoms with Crippen LogP contribution >= 0.6 is 11.3 Å². The Kier molecular flexibility index (Phi) is 3.75. The average Bonchev–Trinajstić information content (AvgIpc) is 3.11. The minimum absolute atomic E-state index is 0.176. The van der Waals surface area contributed by atoms with Gasteiger partial charge in [-0.1, -0.05) is 26.0 Å². The summed E-state index contributed by atoms with van der Waals surface area (Å²) in [7, 11) is 0. The number of hydrogen-bond acceptors (Lipinski definition) is 4. The quantitative estimate of drug-likeness (QED) is 0.749. The van der Waals surface area contributed by atoms with Crippen LogP contribution in [0.3, 0.4) is 0 Å². The summed E-state index contributed by atoms with van der Waals surface area (Å²) >= 11 is 1.42. The lowest BCUT2D eigenvalue weighted by atomic mass is 9.88. The van der Waals surface area contributed by atoms with Crippen molar-refractivity contribution < 1.29 is 9.90 Å². The molecule has 2 amide bonds. The first kappa shape index (κ1) is 14.5. The van der Waals surface area contributed by atoms with E-state index < -0.39 is 5.60 Å². The molecule has 0 unspecified atom stereocenters. The fraction of sp³-hybridized carbons (Fsp3) is 0.600. The molecule has 1 aromatic rings. The van der Waals surface area contributed by atoms with Crippen molar-refractivity contribution in [1.29, 1.82) is 0 Å². The van der Waals surface area contributed by atoms with Crippen molar-refractivity contribution in [3.8, 4) is 0 Å². The molecule has 2 aliphatic rings. The Morgan fingerprint density at radius 3 is 2.95 bits per heavy atom. The third-order valence-corrected chi connectivity index (χ3v) is 5.14. The number of amides is 2. The van der Waals surface area contributed by atoms with Crippen molar-refractivity contribution in [3.05, 3.63) is 23.2 Å². The number of allylic oxidation sites excluding steroid dienone is 1. The lowest BCUT2D eigenvalue weighted by molar-refractivity contribution is 0.0183. The molecule has 1 heterocycles. The number of hydrogen-bond donors (Lipinski definition) is 3. The van der Waals surface area contributed by atoms with Crippen molar-refractivity contribution >= 4 is 22.5 Å². The highest BCUT2D eigenvalue weighted by Gasteiger charge is 2.47. The number of urea groups is 1. The van der Waals surface area contributed by atoms with E-state index in [-0.39, 0.29) is 18.5 Å². The molecule has 1 fully saturated rings. The van der Waals surface area contributed by atoms with E-state index in [0.29, 0.717) is 17.0 Å². The Morgan fingerprint density at radius 1 is 1.57 bits per heavy atom. The number of anilines is 1. The largest absolute Gasteiger partial charge is 0.387 e. The number of thiazole rings is 1. The summed E-state index contributed by atoms with van der Waals surface area (Å²) in [5, 5.41) is 18.6. The van der Waals surface area contributed by atoms with Gasteiger partial charge in [0.1, 0.15) is 0 Å². The second-order valence-corrected chi connectivity index (χ2v) is 7.19. The number of nitrogens with zero attached hydrogens (tertiary/aromatic N) is 1. The van der Waals surface area contributed by atoms with Gasteiger partial charge in [-0.05, 0) is 24.7 Å². The molecule has 6 heteroatoms. The predicted octanol–water partition coefficient (Wildman–Crippen LogP) is 2.72. The summed E-state index contributed by atoms with van der Waals surface area (Å²) < 4.78 is 0. The minimum atomic E-state index is -0.789. The van der Waals surface area contributed by atoms with Crippen molar-refractivity contribution in [3.63, 3.8) is 0 Å². The van der Waals surface area contributed by atoms with Crippen molar-refractivity contribution in [2.75, 3.05) is 11.9 Å². The molecule has 5 nitrogen and oxygen atoms in total. The lowest BCUT2D eigenvalue weighted by Gasteiger charge is -2.29. The molecule has 3 rings (SSSR count). The van der Waals surface area contributed by atoms with Gasteiger partial charge in [0.15, 0.2) is 5.13 Å². The van der Waals surface area contributed by atoms with Crippen molar-refractivity contribution in [2.24, 2.45) is 11.8 Å². The van der Waals surface area contributed by atoms with Gasteiger partial charge in [0.05, 0.1) is 11.3 Å². The molecule has 2 aliphatic carbocycles. The van der Waals surface area contributed by atoms with Crippen LogP contribution in [0.2, 0.25) is 0 Å². The van der Waals surface area contributed by atoms with Gasteiger partial charge in [0.2, 0.25) is 0 Å². The third kappa shape index (κ3) is 2.96. The van der Waals surface area contributed by atoms with Gasteiger partial charge in [0, 0.05) is 17.8 Å². The summed E-state index contributed by atoms with van der Waals surface area (Å²) in [6.45, 7) is 4.42. The SMILES string of the molecule is CC(C)c1csc(NC(=O)NC[C@@]2(O)C[C@H]3C=C[C@@H]2C3)n1. The van der Waals surface area contributed by atoms with E-state index in [4.69, 9.17) is 0 Å². The molecule has 0 aromatic carbocycles. The highest BCUT2D eigenvalue weighted by Crippen LogP contribution is 2.45.